The molecule has 0 fully saturated rings. The van der Waals surface area contributed by atoms with Gasteiger partial charge in [-0.25, -0.2) is 17.5 Å². The normalized spacial score (nSPS) is 13.4. The zero-order chi connectivity index (χ0) is 13.1. The number of benzene rings is 1. The highest BCUT2D eigenvalue weighted by molar-refractivity contribution is 7.89. The Morgan fingerprint density at radius 1 is 1.47 bits per heavy atom. The lowest BCUT2D eigenvalue weighted by Gasteiger charge is -2.12. The summed E-state index contributed by atoms with van der Waals surface area (Å²) in [7, 11) is -2.34. The first-order valence-corrected chi connectivity index (χ1v) is 6.75. The number of nitrogens with one attached hydrogen (secondary N) is 1. The van der Waals surface area contributed by atoms with Crippen molar-refractivity contribution in [3.63, 3.8) is 0 Å². The Morgan fingerprint density at radius 2 is 2.12 bits per heavy atom. The quantitative estimate of drug-likeness (QED) is 0.881. The molecule has 0 amide bonds. The van der Waals surface area contributed by atoms with Crippen molar-refractivity contribution >= 4 is 10.0 Å². The Labute approximate surface area is 101 Å². The van der Waals surface area contributed by atoms with Crippen molar-refractivity contribution in [2.45, 2.75) is 31.2 Å². The van der Waals surface area contributed by atoms with Crippen molar-refractivity contribution in [2.75, 3.05) is 7.11 Å². The van der Waals surface area contributed by atoms with Gasteiger partial charge in [0.15, 0.2) is 11.6 Å². The molecule has 6 heteroatoms. The van der Waals surface area contributed by atoms with Crippen LogP contribution < -0.4 is 9.46 Å². The fraction of sp³-hybridized carbons (Fsp3) is 0.455. The van der Waals surface area contributed by atoms with Gasteiger partial charge in [-0.05, 0) is 31.5 Å². The average Bonchev–Trinajstić information content (AvgIpc) is 2.28. The van der Waals surface area contributed by atoms with Crippen LogP contribution in [0, 0.1) is 5.82 Å². The van der Waals surface area contributed by atoms with Gasteiger partial charge in [-0.2, -0.15) is 0 Å². The number of ether oxygens (including phenoxy) is 1. The van der Waals surface area contributed by atoms with Gasteiger partial charge in [-0.15, -0.1) is 0 Å². The first kappa shape index (κ1) is 13.9. The highest BCUT2D eigenvalue weighted by atomic mass is 32.2. The molecule has 0 heterocycles. The van der Waals surface area contributed by atoms with Crippen LogP contribution in [0.3, 0.4) is 0 Å². The lowest BCUT2D eigenvalue weighted by atomic mass is 10.3. The molecule has 96 valence electrons. The predicted octanol–water partition coefficient (Wildman–Crippen LogP) is 1.91. The second-order valence-electron chi connectivity index (χ2n) is 3.73. The van der Waals surface area contributed by atoms with Gasteiger partial charge < -0.3 is 4.74 Å². The Hall–Kier alpha value is -1.14. The fourth-order valence-corrected chi connectivity index (χ4v) is 2.57. The molecule has 1 aromatic carbocycles. The monoisotopic (exact) mass is 261 g/mol. The molecule has 0 saturated heterocycles. The fourth-order valence-electron chi connectivity index (χ4n) is 1.23. The first-order chi connectivity index (χ1) is 7.90. The van der Waals surface area contributed by atoms with E-state index in [0.717, 1.165) is 6.07 Å². The van der Waals surface area contributed by atoms with E-state index < -0.39 is 15.8 Å². The molecule has 1 aromatic rings. The summed E-state index contributed by atoms with van der Waals surface area (Å²) in [5.41, 5.74) is 0. The van der Waals surface area contributed by atoms with Crippen LogP contribution in [0.25, 0.3) is 0 Å². The summed E-state index contributed by atoms with van der Waals surface area (Å²) in [5.74, 6) is -0.674. The van der Waals surface area contributed by atoms with E-state index >= 15 is 0 Å². The Bertz CT molecular complexity index is 487. The van der Waals surface area contributed by atoms with Crippen LogP contribution in [0.2, 0.25) is 0 Å². The SMILES string of the molecule is CC[C@H](C)NS(=O)(=O)c1ccc(OC)c(F)c1. The van der Waals surface area contributed by atoms with E-state index in [1.54, 1.807) is 6.92 Å². The molecular formula is C11H16FNO3S. The molecule has 0 unspecified atom stereocenters. The van der Waals surface area contributed by atoms with Crippen LogP contribution in [0.5, 0.6) is 5.75 Å². The van der Waals surface area contributed by atoms with Gasteiger partial charge in [0.2, 0.25) is 10.0 Å². The average molecular weight is 261 g/mol. The summed E-state index contributed by atoms with van der Waals surface area (Å²) in [4.78, 5) is -0.101. The van der Waals surface area contributed by atoms with Crippen molar-refractivity contribution in [1.29, 1.82) is 0 Å². The molecule has 1 N–H and O–H groups in total. The van der Waals surface area contributed by atoms with Gasteiger partial charge in [-0.3, -0.25) is 0 Å². The standard InChI is InChI=1S/C11H16FNO3S/c1-4-8(2)13-17(14,15)9-5-6-11(16-3)10(12)7-9/h5-8,13H,4H2,1-3H3/t8-/m0/s1. The molecule has 0 bridgehead atoms. The Balaban J connectivity index is 3.04. The molecular weight excluding hydrogens is 245 g/mol. The first-order valence-electron chi connectivity index (χ1n) is 5.26. The minimum absolute atomic E-state index is 0.0208. The van der Waals surface area contributed by atoms with Crippen LogP contribution in [0.4, 0.5) is 4.39 Å². The third kappa shape index (κ3) is 3.41. The molecule has 0 saturated carbocycles. The summed E-state index contributed by atoms with van der Waals surface area (Å²) < 4.78 is 44.2. The van der Waals surface area contributed by atoms with Crippen molar-refractivity contribution in [2.24, 2.45) is 0 Å². The Kier molecular flexibility index (Phi) is 4.47. The third-order valence-electron chi connectivity index (χ3n) is 2.40. The van der Waals surface area contributed by atoms with Crippen molar-refractivity contribution < 1.29 is 17.5 Å². The van der Waals surface area contributed by atoms with Gasteiger partial charge in [0, 0.05) is 6.04 Å². The van der Waals surface area contributed by atoms with Crippen LogP contribution in [-0.4, -0.2) is 21.6 Å². The van der Waals surface area contributed by atoms with E-state index in [1.165, 1.54) is 19.2 Å². The molecule has 0 aliphatic rings. The van der Waals surface area contributed by atoms with E-state index in [0.29, 0.717) is 6.42 Å². The maximum Gasteiger partial charge on any atom is 0.240 e. The molecule has 0 spiro atoms. The molecule has 0 radical (unpaired) electrons. The van der Waals surface area contributed by atoms with Crippen LogP contribution in [-0.2, 0) is 10.0 Å². The third-order valence-corrected chi connectivity index (χ3v) is 3.99. The number of hydrogen-bond acceptors (Lipinski definition) is 3. The van der Waals surface area contributed by atoms with Crippen molar-refractivity contribution in [3.05, 3.63) is 24.0 Å². The molecule has 1 rings (SSSR count). The molecule has 0 aliphatic carbocycles. The maximum atomic E-state index is 13.4. The molecule has 1 atom stereocenters. The summed E-state index contributed by atoms with van der Waals surface area (Å²) in [6.45, 7) is 3.61. The van der Waals surface area contributed by atoms with Crippen LogP contribution in [0.1, 0.15) is 20.3 Å². The van der Waals surface area contributed by atoms with Gasteiger partial charge in [0.05, 0.1) is 12.0 Å². The lowest BCUT2D eigenvalue weighted by Crippen LogP contribution is -2.32. The minimum Gasteiger partial charge on any atom is -0.494 e. The number of hydrogen-bond donors (Lipinski definition) is 1. The predicted molar refractivity (Wildman–Crippen MR) is 63.0 cm³/mol. The zero-order valence-corrected chi connectivity index (χ0v) is 10.8. The topological polar surface area (TPSA) is 55.4 Å². The smallest absolute Gasteiger partial charge is 0.240 e. The van der Waals surface area contributed by atoms with Gasteiger partial charge in [-0.1, -0.05) is 6.92 Å². The molecule has 0 aliphatic heterocycles. The second kappa shape index (κ2) is 5.46. The summed E-state index contributed by atoms with van der Waals surface area (Å²) in [6.07, 6.45) is 0.665. The highest BCUT2D eigenvalue weighted by Crippen LogP contribution is 2.20. The number of methoxy groups -OCH3 is 1. The summed E-state index contributed by atoms with van der Waals surface area (Å²) in [6, 6.07) is 3.36. The van der Waals surface area contributed by atoms with Crippen LogP contribution in [0.15, 0.2) is 23.1 Å². The minimum atomic E-state index is -3.66. The van der Waals surface area contributed by atoms with Crippen molar-refractivity contribution in [1.82, 2.24) is 4.72 Å². The molecule has 17 heavy (non-hydrogen) atoms. The summed E-state index contributed by atoms with van der Waals surface area (Å²) in [5, 5.41) is 0. The highest BCUT2D eigenvalue weighted by Gasteiger charge is 2.18. The van der Waals surface area contributed by atoms with E-state index in [-0.39, 0.29) is 16.7 Å². The van der Waals surface area contributed by atoms with Gasteiger partial charge in [0.1, 0.15) is 0 Å². The molecule has 4 nitrogen and oxygen atoms in total. The number of rotatable bonds is 5. The lowest BCUT2D eigenvalue weighted by molar-refractivity contribution is 0.385. The maximum absolute atomic E-state index is 13.4. The Morgan fingerprint density at radius 3 is 2.59 bits per heavy atom. The van der Waals surface area contributed by atoms with E-state index in [2.05, 4.69) is 4.72 Å². The second-order valence-corrected chi connectivity index (χ2v) is 5.44. The van der Waals surface area contributed by atoms with Crippen LogP contribution >= 0.6 is 0 Å². The molecule has 0 aromatic heterocycles. The largest absolute Gasteiger partial charge is 0.494 e. The zero-order valence-electron chi connectivity index (χ0n) is 10.0. The van der Waals surface area contributed by atoms with E-state index in [1.807, 2.05) is 6.92 Å². The van der Waals surface area contributed by atoms with E-state index in [9.17, 15) is 12.8 Å². The van der Waals surface area contributed by atoms with Crippen molar-refractivity contribution in [3.8, 4) is 5.75 Å². The summed E-state index contributed by atoms with van der Waals surface area (Å²) >= 11 is 0. The van der Waals surface area contributed by atoms with Gasteiger partial charge >= 0.3 is 0 Å². The number of sulfonamides is 1. The van der Waals surface area contributed by atoms with Gasteiger partial charge in [0.25, 0.3) is 0 Å². The van der Waals surface area contributed by atoms with E-state index in [4.69, 9.17) is 4.74 Å². The number of halogens is 1.